The third kappa shape index (κ3) is 2.60. The lowest BCUT2D eigenvalue weighted by Gasteiger charge is -2.38. The van der Waals surface area contributed by atoms with E-state index in [1.165, 1.54) is 0 Å². The molecule has 2 rings (SSSR count). The van der Waals surface area contributed by atoms with Gasteiger partial charge in [0, 0.05) is 13.2 Å². The number of nitrogens with one attached hydrogen (secondary N) is 1. The molecule has 0 aromatic rings. The quantitative estimate of drug-likeness (QED) is 0.747. The van der Waals surface area contributed by atoms with E-state index in [0.717, 1.165) is 19.4 Å². The summed E-state index contributed by atoms with van der Waals surface area (Å²) < 4.78 is 5.41. The average molecular weight is 240 g/mol. The van der Waals surface area contributed by atoms with Gasteiger partial charge in [-0.2, -0.15) is 0 Å². The number of carbonyl (C=O) groups excluding carboxylic acids is 2. The molecule has 5 heteroatoms. The van der Waals surface area contributed by atoms with E-state index in [4.69, 9.17) is 4.74 Å². The molecule has 2 saturated heterocycles. The molecule has 2 fully saturated rings. The van der Waals surface area contributed by atoms with Crippen molar-refractivity contribution in [2.24, 2.45) is 5.92 Å². The maximum Gasteiger partial charge on any atom is 0.245 e. The number of piperazine rings is 1. The van der Waals surface area contributed by atoms with E-state index in [9.17, 15) is 9.59 Å². The molecular weight excluding hydrogens is 220 g/mol. The van der Waals surface area contributed by atoms with E-state index in [1.54, 1.807) is 18.7 Å². The van der Waals surface area contributed by atoms with Crippen LogP contribution in [-0.4, -0.2) is 48.6 Å². The van der Waals surface area contributed by atoms with Gasteiger partial charge in [-0.25, -0.2) is 0 Å². The first-order valence-electron chi connectivity index (χ1n) is 6.28. The predicted octanol–water partition coefficient (Wildman–Crippen LogP) is 0.148. The lowest BCUT2D eigenvalue weighted by atomic mass is 9.99. The summed E-state index contributed by atoms with van der Waals surface area (Å²) in [5.74, 6) is 0.324. The molecule has 5 nitrogen and oxygen atoms in total. The molecule has 0 aliphatic carbocycles. The molecule has 96 valence electrons. The van der Waals surface area contributed by atoms with Crippen LogP contribution in [0.2, 0.25) is 0 Å². The molecule has 1 N–H and O–H groups in total. The van der Waals surface area contributed by atoms with Gasteiger partial charge in [-0.3, -0.25) is 9.59 Å². The van der Waals surface area contributed by atoms with E-state index >= 15 is 0 Å². The lowest BCUT2D eigenvalue weighted by molar-refractivity contribution is -0.149. The van der Waals surface area contributed by atoms with E-state index in [1.807, 2.05) is 0 Å². The second-order valence-corrected chi connectivity index (χ2v) is 4.98. The third-order valence-electron chi connectivity index (χ3n) is 3.57. The Morgan fingerprint density at radius 3 is 2.82 bits per heavy atom. The van der Waals surface area contributed by atoms with Crippen LogP contribution in [0, 0.1) is 5.92 Å². The summed E-state index contributed by atoms with van der Waals surface area (Å²) >= 11 is 0. The number of hydrogen-bond acceptors (Lipinski definition) is 3. The van der Waals surface area contributed by atoms with Crippen LogP contribution in [0.1, 0.15) is 26.7 Å². The molecule has 3 atom stereocenters. The zero-order valence-electron chi connectivity index (χ0n) is 10.4. The third-order valence-corrected chi connectivity index (χ3v) is 3.57. The Kier molecular flexibility index (Phi) is 3.66. The first kappa shape index (κ1) is 12.4. The highest BCUT2D eigenvalue weighted by Gasteiger charge is 2.36. The van der Waals surface area contributed by atoms with Crippen molar-refractivity contribution in [2.45, 2.75) is 38.8 Å². The maximum atomic E-state index is 12.0. The Morgan fingerprint density at radius 2 is 2.18 bits per heavy atom. The average Bonchev–Trinajstić information content (AvgIpc) is 2.33. The van der Waals surface area contributed by atoms with Gasteiger partial charge in [-0.05, 0) is 32.6 Å². The predicted molar refractivity (Wildman–Crippen MR) is 62.3 cm³/mol. The van der Waals surface area contributed by atoms with Crippen LogP contribution in [0.5, 0.6) is 0 Å². The van der Waals surface area contributed by atoms with Crippen molar-refractivity contribution < 1.29 is 14.3 Å². The molecule has 2 amide bonds. The summed E-state index contributed by atoms with van der Waals surface area (Å²) in [7, 11) is 0. The number of rotatable bonds is 2. The Hall–Kier alpha value is -1.10. The highest BCUT2D eigenvalue weighted by Crippen LogP contribution is 2.18. The molecule has 3 unspecified atom stereocenters. The van der Waals surface area contributed by atoms with E-state index in [-0.39, 0.29) is 17.9 Å². The molecule has 0 radical (unpaired) electrons. The van der Waals surface area contributed by atoms with Crippen LogP contribution >= 0.6 is 0 Å². The molecule has 2 aliphatic rings. The second-order valence-electron chi connectivity index (χ2n) is 4.98. The number of hydrogen-bond donors (Lipinski definition) is 1. The molecule has 2 heterocycles. The number of amides is 2. The van der Waals surface area contributed by atoms with Gasteiger partial charge in [0.1, 0.15) is 12.1 Å². The topological polar surface area (TPSA) is 58.6 Å². The van der Waals surface area contributed by atoms with E-state index < -0.39 is 6.04 Å². The fourth-order valence-corrected chi connectivity index (χ4v) is 2.45. The number of carbonyl (C=O) groups is 2. The van der Waals surface area contributed by atoms with Gasteiger partial charge in [0.2, 0.25) is 11.8 Å². The maximum absolute atomic E-state index is 12.0. The summed E-state index contributed by atoms with van der Waals surface area (Å²) in [6, 6.07) is -0.760. The lowest BCUT2D eigenvalue weighted by Crippen LogP contribution is -2.62. The molecule has 0 saturated carbocycles. The largest absolute Gasteiger partial charge is 0.381 e. The van der Waals surface area contributed by atoms with Crippen LogP contribution in [0.3, 0.4) is 0 Å². The highest BCUT2D eigenvalue weighted by atomic mass is 16.5. The minimum atomic E-state index is -0.400. The van der Waals surface area contributed by atoms with E-state index in [0.29, 0.717) is 19.1 Å². The summed E-state index contributed by atoms with van der Waals surface area (Å²) in [5.41, 5.74) is 0. The number of nitrogens with zero attached hydrogens (tertiary/aromatic N) is 1. The second kappa shape index (κ2) is 5.04. The molecule has 17 heavy (non-hydrogen) atoms. The van der Waals surface area contributed by atoms with Crippen molar-refractivity contribution >= 4 is 11.8 Å². The monoisotopic (exact) mass is 240 g/mol. The summed E-state index contributed by atoms with van der Waals surface area (Å²) in [6.45, 7) is 5.67. The van der Waals surface area contributed by atoms with Gasteiger partial charge in [-0.1, -0.05) is 0 Å². The first-order chi connectivity index (χ1) is 8.09. The van der Waals surface area contributed by atoms with Gasteiger partial charge in [0.25, 0.3) is 0 Å². The number of ether oxygens (including phenoxy) is 1. The zero-order chi connectivity index (χ0) is 12.4. The standard InChI is InChI=1S/C12H20N2O3/c1-8-12(16)14(9(2)11(15)13-8)6-10-4-3-5-17-7-10/h8-10H,3-7H2,1-2H3,(H,13,15). The zero-order valence-corrected chi connectivity index (χ0v) is 10.4. The molecule has 0 aromatic carbocycles. The molecular formula is C12H20N2O3. The molecule has 0 bridgehead atoms. The molecule has 0 spiro atoms. The van der Waals surface area contributed by atoms with Crippen molar-refractivity contribution in [3.8, 4) is 0 Å². The van der Waals surface area contributed by atoms with Gasteiger partial charge < -0.3 is 15.0 Å². The normalized spacial score (nSPS) is 34.7. The Morgan fingerprint density at radius 1 is 1.41 bits per heavy atom. The molecule has 0 aromatic heterocycles. The fourth-order valence-electron chi connectivity index (χ4n) is 2.45. The fraction of sp³-hybridized carbons (Fsp3) is 0.833. The smallest absolute Gasteiger partial charge is 0.245 e. The van der Waals surface area contributed by atoms with Crippen molar-refractivity contribution in [2.75, 3.05) is 19.8 Å². The van der Waals surface area contributed by atoms with Gasteiger partial charge >= 0.3 is 0 Å². The van der Waals surface area contributed by atoms with Crippen molar-refractivity contribution in [1.29, 1.82) is 0 Å². The van der Waals surface area contributed by atoms with E-state index in [2.05, 4.69) is 5.32 Å². The Labute approximate surface area is 101 Å². The highest BCUT2D eigenvalue weighted by molar-refractivity contribution is 5.96. The summed E-state index contributed by atoms with van der Waals surface area (Å²) in [4.78, 5) is 25.4. The van der Waals surface area contributed by atoms with Crippen LogP contribution in [0.15, 0.2) is 0 Å². The van der Waals surface area contributed by atoms with Crippen molar-refractivity contribution in [3.63, 3.8) is 0 Å². The van der Waals surface area contributed by atoms with Gasteiger partial charge in [0.05, 0.1) is 6.61 Å². The Bertz CT molecular complexity index is 313. The first-order valence-corrected chi connectivity index (χ1v) is 6.28. The van der Waals surface area contributed by atoms with Crippen LogP contribution < -0.4 is 5.32 Å². The summed E-state index contributed by atoms with van der Waals surface area (Å²) in [6.07, 6.45) is 2.12. The Balaban J connectivity index is 2.00. The van der Waals surface area contributed by atoms with Crippen LogP contribution in [0.25, 0.3) is 0 Å². The minimum absolute atomic E-state index is 0.0164. The van der Waals surface area contributed by atoms with Crippen molar-refractivity contribution in [1.82, 2.24) is 10.2 Å². The van der Waals surface area contributed by atoms with Gasteiger partial charge in [-0.15, -0.1) is 0 Å². The van der Waals surface area contributed by atoms with Gasteiger partial charge in [0.15, 0.2) is 0 Å². The minimum Gasteiger partial charge on any atom is -0.381 e. The van der Waals surface area contributed by atoms with Crippen LogP contribution in [-0.2, 0) is 14.3 Å². The van der Waals surface area contributed by atoms with Crippen LogP contribution in [0.4, 0.5) is 0 Å². The van der Waals surface area contributed by atoms with Crippen molar-refractivity contribution in [3.05, 3.63) is 0 Å². The molecule has 2 aliphatic heterocycles. The SMILES string of the molecule is CC1NC(=O)C(C)N(CC2CCCOC2)C1=O. The summed E-state index contributed by atoms with van der Waals surface area (Å²) in [5, 5.41) is 2.68.